The lowest BCUT2D eigenvalue weighted by molar-refractivity contribution is 0.589. The van der Waals surface area contributed by atoms with Gasteiger partial charge in [0.2, 0.25) is 0 Å². The van der Waals surface area contributed by atoms with Crippen LogP contribution in [0.3, 0.4) is 0 Å². The Bertz CT molecular complexity index is 532. The lowest BCUT2D eigenvalue weighted by atomic mass is 10.2. The van der Waals surface area contributed by atoms with Crippen LogP contribution < -0.4 is 5.32 Å². The Morgan fingerprint density at radius 2 is 1.94 bits per heavy atom. The number of benzene rings is 1. The molecule has 96 valence electrons. The highest BCUT2D eigenvalue weighted by Gasteiger charge is 2.17. The molecule has 0 unspecified atom stereocenters. The number of aromatic nitrogens is 1. The molecule has 0 saturated heterocycles. The van der Waals surface area contributed by atoms with Crippen LogP contribution in [0, 0.1) is 11.6 Å². The summed E-state index contributed by atoms with van der Waals surface area (Å²) in [6, 6.07) is 3.86. The molecule has 5 heteroatoms. The van der Waals surface area contributed by atoms with Crippen molar-refractivity contribution in [2.75, 3.05) is 7.05 Å². The lowest BCUT2D eigenvalue weighted by Gasteiger charge is -1.99. The molecular weight excluding hydrogens is 254 g/mol. The highest BCUT2D eigenvalue weighted by molar-refractivity contribution is 7.15. The topological polar surface area (TPSA) is 24.9 Å². The van der Waals surface area contributed by atoms with E-state index in [1.54, 1.807) is 0 Å². The average molecular weight is 268 g/mol. The minimum atomic E-state index is -0.567. The Hall–Kier alpha value is -1.33. The van der Waals surface area contributed by atoms with E-state index >= 15 is 0 Å². The maximum atomic E-state index is 13.7. The highest BCUT2D eigenvalue weighted by atomic mass is 32.1. The molecule has 2 aromatic rings. The van der Waals surface area contributed by atoms with Gasteiger partial charge in [0.05, 0.1) is 11.3 Å². The second-order valence-corrected chi connectivity index (χ2v) is 4.95. The molecule has 1 N–H and O–H groups in total. The standard InChI is InChI=1S/C13H14F2N2S/c1-3-10-11(7-16-2)18-13(17-10)12-8(14)5-4-6-9(12)15/h4-6,16H,3,7H2,1-2H3. The van der Waals surface area contributed by atoms with Crippen LogP contribution in [0.15, 0.2) is 18.2 Å². The second-order valence-electron chi connectivity index (χ2n) is 3.87. The second kappa shape index (κ2) is 5.54. The third kappa shape index (κ3) is 2.42. The van der Waals surface area contributed by atoms with Crippen LogP contribution in [-0.2, 0) is 13.0 Å². The molecule has 0 aliphatic heterocycles. The Kier molecular flexibility index (Phi) is 4.04. The lowest BCUT2D eigenvalue weighted by Crippen LogP contribution is -2.05. The van der Waals surface area contributed by atoms with Gasteiger partial charge in [-0.2, -0.15) is 0 Å². The number of halogens is 2. The van der Waals surface area contributed by atoms with Gasteiger partial charge in [-0.3, -0.25) is 0 Å². The molecule has 0 saturated carbocycles. The van der Waals surface area contributed by atoms with Crippen LogP contribution in [0.5, 0.6) is 0 Å². The summed E-state index contributed by atoms with van der Waals surface area (Å²) in [5.41, 5.74) is 0.867. The highest BCUT2D eigenvalue weighted by Crippen LogP contribution is 2.32. The molecule has 0 aliphatic rings. The Morgan fingerprint density at radius 3 is 2.50 bits per heavy atom. The van der Waals surface area contributed by atoms with Crippen LogP contribution in [0.4, 0.5) is 8.78 Å². The summed E-state index contributed by atoms with van der Waals surface area (Å²) < 4.78 is 27.4. The summed E-state index contributed by atoms with van der Waals surface area (Å²) in [4.78, 5) is 5.36. The first-order valence-corrected chi connectivity index (χ1v) is 6.56. The number of aryl methyl sites for hydroxylation is 1. The smallest absolute Gasteiger partial charge is 0.136 e. The van der Waals surface area contributed by atoms with Crippen molar-refractivity contribution in [2.45, 2.75) is 19.9 Å². The number of nitrogens with zero attached hydrogens (tertiary/aromatic N) is 1. The zero-order chi connectivity index (χ0) is 13.1. The van der Waals surface area contributed by atoms with Crippen molar-refractivity contribution in [3.05, 3.63) is 40.4 Å². The zero-order valence-electron chi connectivity index (χ0n) is 10.3. The van der Waals surface area contributed by atoms with Gasteiger partial charge >= 0.3 is 0 Å². The predicted molar refractivity (Wildman–Crippen MR) is 69.6 cm³/mol. The summed E-state index contributed by atoms with van der Waals surface area (Å²) in [5.74, 6) is -1.13. The van der Waals surface area contributed by atoms with Crippen LogP contribution in [0.2, 0.25) is 0 Å². The molecule has 0 bridgehead atoms. The number of nitrogens with one attached hydrogen (secondary N) is 1. The third-order valence-corrected chi connectivity index (χ3v) is 3.74. The largest absolute Gasteiger partial charge is 0.315 e. The van der Waals surface area contributed by atoms with Crippen LogP contribution in [0.25, 0.3) is 10.6 Å². The summed E-state index contributed by atoms with van der Waals surface area (Å²) >= 11 is 1.34. The fourth-order valence-electron chi connectivity index (χ4n) is 1.77. The minimum Gasteiger partial charge on any atom is -0.315 e. The SMILES string of the molecule is CCc1nc(-c2c(F)cccc2F)sc1CNC. The van der Waals surface area contributed by atoms with Crippen LogP contribution in [0.1, 0.15) is 17.5 Å². The zero-order valence-corrected chi connectivity index (χ0v) is 11.1. The molecule has 0 spiro atoms. The van der Waals surface area contributed by atoms with Crippen molar-refractivity contribution in [1.82, 2.24) is 10.3 Å². The molecule has 0 aliphatic carbocycles. The van der Waals surface area contributed by atoms with E-state index in [9.17, 15) is 8.78 Å². The number of hydrogen-bond acceptors (Lipinski definition) is 3. The van der Waals surface area contributed by atoms with E-state index in [1.165, 1.54) is 29.5 Å². The number of hydrogen-bond donors (Lipinski definition) is 1. The molecule has 2 nitrogen and oxygen atoms in total. The monoisotopic (exact) mass is 268 g/mol. The van der Waals surface area contributed by atoms with Crippen molar-refractivity contribution in [2.24, 2.45) is 0 Å². The first-order chi connectivity index (χ1) is 8.67. The Balaban J connectivity index is 2.51. The van der Waals surface area contributed by atoms with Crippen molar-refractivity contribution in [1.29, 1.82) is 0 Å². The minimum absolute atomic E-state index is 0.0282. The molecule has 1 aromatic carbocycles. The Labute approximate surface area is 109 Å². The molecule has 0 fully saturated rings. The van der Waals surface area contributed by atoms with Gasteiger partial charge in [-0.1, -0.05) is 13.0 Å². The summed E-state index contributed by atoms with van der Waals surface area (Å²) in [5, 5.41) is 3.45. The average Bonchev–Trinajstić information content (AvgIpc) is 2.72. The van der Waals surface area contributed by atoms with E-state index in [4.69, 9.17) is 0 Å². The van der Waals surface area contributed by atoms with E-state index in [0.29, 0.717) is 11.6 Å². The van der Waals surface area contributed by atoms with Crippen molar-refractivity contribution in [3.63, 3.8) is 0 Å². The fraction of sp³-hybridized carbons (Fsp3) is 0.308. The normalized spacial score (nSPS) is 10.9. The quantitative estimate of drug-likeness (QED) is 0.919. The van der Waals surface area contributed by atoms with E-state index in [1.807, 2.05) is 14.0 Å². The summed E-state index contributed by atoms with van der Waals surface area (Å²) in [7, 11) is 1.84. The molecule has 0 atom stereocenters. The van der Waals surface area contributed by atoms with E-state index in [-0.39, 0.29) is 5.56 Å². The molecule has 1 heterocycles. The number of rotatable bonds is 4. The van der Waals surface area contributed by atoms with Crippen molar-refractivity contribution >= 4 is 11.3 Å². The van der Waals surface area contributed by atoms with Gasteiger partial charge in [-0.05, 0) is 25.6 Å². The van der Waals surface area contributed by atoms with Gasteiger partial charge < -0.3 is 5.32 Å². The van der Waals surface area contributed by atoms with Crippen LogP contribution >= 0.6 is 11.3 Å². The molecule has 0 amide bonds. The first-order valence-electron chi connectivity index (χ1n) is 5.75. The maximum Gasteiger partial charge on any atom is 0.136 e. The summed E-state index contributed by atoms with van der Waals surface area (Å²) in [6.07, 6.45) is 0.754. The third-order valence-electron chi connectivity index (χ3n) is 2.63. The summed E-state index contributed by atoms with van der Waals surface area (Å²) in [6.45, 7) is 2.65. The van der Waals surface area contributed by atoms with Gasteiger partial charge in [0, 0.05) is 11.4 Å². The van der Waals surface area contributed by atoms with Crippen LogP contribution in [-0.4, -0.2) is 12.0 Å². The molecule has 0 radical (unpaired) electrons. The first kappa shape index (κ1) is 13.1. The molecule has 2 rings (SSSR count). The van der Waals surface area contributed by atoms with Gasteiger partial charge in [-0.25, -0.2) is 13.8 Å². The van der Waals surface area contributed by atoms with Crippen molar-refractivity contribution < 1.29 is 8.78 Å². The molecule has 18 heavy (non-hydrogen) atoms. The van der Waals surface area contributed by atoms with E-state index < -0.39 is 11.6 Å². The van der Waals surface area contributed by atoms with Gasteiger partial charge in [0.1, 0.15) is 16.6 Å². The van der Waals surface area contributed by atoms with Crippen molar-refractivity contribution in [3.8, 4) is 10.6 Å². The maximum absolute atomic E-state index is 13.7. The van der Waals surface area contributed by atoms with E-state index in [0.717, 1.165) is 17.0 Å². The predicted octanol–water partition coefficient (Wildman–Crippen LogP) is 3.37. The van der Waals surface area contributed by atoms with E-state index in [2.05, 4.69) is 10.3 Å². The van der Waals surface area contributed by atoms with Gasteiger partial charge in [-0.15, -0.1) is 11.3 Å². The fourth-order valence-corrected chi connectivity index (χ4v) is 2.98. The molecular formula is C13H14F2N2S. The Morgan fingerprint density at radius 1 is 1.28 bits per heavy atom. The number of thiazole rings is 1. The van der Waals surface area contributed by atoms with Gasteiger partial charge in [0.15, 0.2) is 0 Å². The van der Waals surface area contributed by atoms with Gasteiger partial charge in [0.25, 0.3) is 0 Å². The molecule has 1 aromatic heterocycles.